The third kappa shape index (κ3) is 3.74. The maximum absolute atomic E-state index is 10.9. The summed E-state index contributed by atoms with van der Waals surface area (Å²) >= 11 is 12.2. The number of carbonyl (C=O) groups excluding carboxylic acids is 1. The second kappa shape index (κ2) is 6.74. The van der Waals surface area contributed by atoms with Gasteiger partial charge in [0.15, 0.2) is 0 Å². The highest BCUT2D eigenvalue weighted by Crippen LogP contribution is 2.28. The molecule has 1 aliphatic rings. The van der Waals surface area contributed by atoms with Crippen LogP contribution >= 0.6 is 23.2 Å². The summed E-state index contributed by atoms with van der Waals surface area (Å²) in [5, 5.41) is 11.9. The summed E-state index contributed by atoms with van der Waals surface area (Å²) in [5.74, 6) is 0. The van der Waals surface area contributed by atoms with Crippen LogP contribution in [0.15, 0.2) is 24.4 Å². The van der Waals surface area contributed by atoms with Crippen LogP contribution in [0.3, 0.4) is 0 Å². The fourth-order valence-corrected chi connectivity index (χ4v) is 3.06. The number of likely N-dealkylation sites (tertiary alicyclic amines) is 1. The quantitative estimate of drug-likeness (QED) is 0.876. The third-order valence-electron chi connectivity index (χ3n) is 3.72. The van der Waals surface area contributed by atoms with Crippen molar-refractivity contribution in [1.29, 1.82) is 0 Å². The maximum Gasteiger partial charge on any atom is 0.312 e. The van der Waals surface area contributed by atoms with Crippen molar-refractivity contribution in [3.8, 4) is 5.69 Å². The lowest BCUT2D eigenvalue weighted by atomic mass is 10.3. The summed E-state index contributed by atoms with van der Waals surface area (Å²) in [4.78, 5) is 13.1. The number of urea groups is 1. The van der Waals surface area contributed by atoms with Crippen LogP contribution in [0.2, 0.25) is 10.0 Å². The number of primary amides is 1. The van der Waals surface area contributed by atoms with Crippen LogP contribution in [0.25, 0.3) is 5.69 Å². The molecule has 1 fully saturated rings. The largest absolute Gasteiger partial charge is 0.352 e. The van der Waals surface area contributed by atoms with Crippen LogP contribution in [0, 0.1) is 0 Å². The van der Waals surface area contributed by atoms with Crippen molar-refractivity contribution in [1.82, 2.24) is 25.2 Å². The molecule has 7 nitrogen and oxygen atoms in total. The summed E-state index contributed by atoms with van der Waals surface area (Å²) in [6.07, 6.45) is 2.70. The number of nitrogens with two attached hydrogens (primary N) is 1. The lowest BCUT2D eigenvalue weighted by Gasteiger charge is -2.14. The molecule has 2 amide bonds. The van der Waals surface area contributed by atoms with Gasteiger partial charge in [0, 0.05) is 25.7 Å². The molecular formula is C14H16Cl2N6O. The number of hydrogen-bond acceptors (Lipinski definition) is 4. The summed E-state index contributed by atoms with van der Waals surface area (Å²) in [6.45, 7) is 2.26. The van der Waals surface area contributed by atoms with E-state index in [4.69, 9.17) is 28.9 Å². The molecule has 3 N–H and O–H groups in total. The van der Waals surface area contributed by atoms with Crippen molar-refractivity contribution >= 4 is 29.2 Å². The Balaban J connectivity index is 1.66. The number of amides is 2. The van der Waals surface area contributed by atoms with E-state index in [1.54, 1.807) is 10.7 Å². The van der Waals surface area contributed by atoms with Crippen LogP contribution in [0.4, 0.5) is 4.79 Å². The number of halogens is 2. The molecule has 0 spiro atoms. The van der Waals surface area contributed by atoms with Crippen LogP contribution in [0.5, 0.6) is 0 Å². The molecule has 1 aromatic heterocycles. The van der Waals surface area contributed by atoms with Crippen molar-refractivity contribution in [2.24, 2.45) is 5.73 Å². The van der Waals surface area contributed by atoms with Crippen molar-refractivity contribution in [3.05, 3.63) is 40.1 Å². The number of benzene rings is 1. The van der Waals surface area contributed by atoms with Gasteiger partial charge in [-0.1, -0.05) is 34.5 Å². The van der Waals surface area contributed by atoms with E-state index >= 15 is 0 Å². The molecule has 0 radical (unpaired) electrons. The van der Waals surface area contributed by atoms with E-state index in [2.05, 4.69) is 20.5 Å². The molecule has 1 atom stereocenters. The van der Waals surface area contributed by atoms with Gasteiger partial charge in [-0.25, -0.2) is 9.48 Å². The Morgan fingerprint density at radius 3 is 3.04 bits per heavy atom. The molecule has 1 saturated heterocycles. The molecule has 23 heavy (non-hydrogen) atoms. The van der Waals surface area contributed by atoms with Crippen molar-refractivity contribution < 1.29 is 4.79 Å². The smallest absolute Gasteiger partial charge is 0.312 e. The monoisotopic (exact) mass is 354 g/mol. The van der Waals surface area contributed by atoms with Gasteiger partial charge in [0.2, 0.25) is 0 Å². The minimum absolute atomic E-state index is 0.0879. The van der Waals surface area contributed by atoms with Gasteiger partial charge in [0.25, 0.3) is 0 Å². The number of nitrogens with zero attached hydrogens (tertiary/aromatic N) is 4. The van der Waals surface area contributed by atoms with E-state index in [0.717, 1.165) is 25.2 Å². The van der Waals surface area contributed by atoms with Gasteiger partial charge >= 0.3 is 6.03 Å². The zero-order chi connectivity index (χ0) is 16.4. The minimum Gasteiger partial charge on any atom is -0.352 e. The first-order valence-corrected chi connectivity index (χ1v) is 7.92. The highest BCUT2D eigenvalue weighted by molar-refractivity contribution is 6.43. The van der Waals surface area contributed by atoms with Gasteiger partial charge < -0.3 is 11.1 Å². The second-order valence-corrected chi connectivity index (χ2v) is 6.24. The number of aromatic nitrogens is 3. The average Bonchev–Trinajstić information content (AvgIpc) is 3.12. The van der Waals surface area contributed by atoms with Crippen molar-refractivity contribution in [2.45, 2.75) is 19.0 Å². The Bertz CT molecular complexity index is 719. The first-order chi connectivity index (χ1) is 11.0. The molecule has 0 saturated carbocycles. The molecule has 1 unspecified atom stereocenters. The number of nitrogens with one attached hydrogen (secondary N) is 1. The van der Waals surface area contributed by atoms with Crippen LogP contribution in [-0.2, 0) is 6.54 Å². The Morgan fingerprint density at radius 2 is 2.26 bits per heavy atom. The van der Waals surface area contributed by atoms with Gasteiger partial charge in [-0.05, 0) is 18.6 Å². The Labute approximate surface area is 143 Å². The Hall–Kier alpha value is -1.83. The molecule has 1 aromatic carbocycles. The fraction of sp³-hybridized carbons (Fsp3) is 0.357. The highest BCUT2D eigenvalue weighted by atomic mass is 35.5. The zero-order valence-corrected chi connectivity index (χ0v) is 13.8. The standard InChI is InChI=1S/C14H16Cl2N6O/c15-11-2-1-3-12(13(11)16)22-8-10(19-20-22)7-21-5-4-9(6-21)18-14(17)23/h1-3,8-9H,4-7H2,(H3,17,18,23). The van der Waals surface area contributed by atoms with Crippen molar-refractivity contribution in [2.75, 3.05) is 13.1 Å². The van der Waals surface area contributed by atoms with Crippen molar-refractivity contribution in [3.63, 3.8) is 0 Å². The lowest BCUT2D eigenvalue weighted by molar-refractivity contribution is 0.244. The fourth-order valence-electron chi connectivity index (χ4n) is 2.68. The molecule has 3 rings (SSSR count). The number of hydrogen-bond donors (Lipinski definition) is 2. The van der Waals surface area contributed by atoms with E-state index in [1.165, 1.54) is 0 Å². The molecule has 0 aliphatic carbocycles. The van der Waals surface area contributed by atoms with Gasteiger partial charge in [0.1, 0.15) is 0 Å². The molecule has 122 valence electrons. The van der Waals surface area contributed by atoms with E-state index in [0.29, 0.717) is 22.3 Å². The van der Waals surface area contributed by atoms with Crippen LogP contribution in [0.1, 0.15) is 12.1 Å². The maximum atomic E-state index is 10.9. The molecule has 1 aliphatic heterocycles. The Kier molecular flexibility index (Phi) is 4.70. The van der Waals surface area contributed by atoms with Crippen LogP contribution < -0.4 is 11.1 Å². The first kappa shape index (κ1) is 16.0. The van der Waals surface area contributed by atoms with Crippen LogP contribution in [-0.4, -0.2) is 45.1 Å². The summed E-state index contributed by atoms with van der Waals surface area (Å²) in [6, 6.07) is 4.96. The molecule has 0 bridgehead atoms. The zero-order valence-electron chi connectivity index (χ0n) is 12.2. The lowest BCUT2D eigenvalue weighted by Crippen LogP contribution is -2.40. The van der Waals surface area contributed by atoms with E-state index < -0.39 is 6.03 Å². The normalized spacial score (nSPS) is 18.3. The van der Waals surface area contributed by atoms with E-state index in [9.17, 15) is 4.79 Å². The number of carbonyl (C=O) groups is 1. The second-order valence-electron chi connectivity index (χ2n) is 5.46. The Morgan fingerprint density at radius 1 is 1.43 bits per heavy atom. The third-order valence-corrected chi connectivity index (χ3v) is 4.53. The van der Waals surface area contributed by atoms with Gasteiger partial charge in [-0.15, -0.1) is 5.10 Å². The summed E-state index contributed by atoms with van der Waals surface area (Å²) in [7, 11) is 0. The topological polar surface area (TPSA) is 89.1 Å². The minimum atomic E-state index is -0.488. The first-order valence-electron chi connectivity index (χ1n) is 7.17. The predicted octanol–water partition coefficient (Wildman–Crippen LogP) is 1.82. The highest BCUT2D eigenvalue weighted by Gasteiger charge is 2.24. The van der Waals surface area contributed by atoms with Gasteiger partial charge in [-0.3, -0.25) is 4.90 Å². The summed E-state index contributed by atoms with van der Waals surface area (Å²) < 4.78 is 1.61. The number of rotatable bonds is 4. The van der Waals surface area contributed by atoms with E-state index in [-0.39, 0.29) is 6.04 Å². The molecular weight excluding hydrogens is 339 g/mol. The van der Waals surface area contributed by atoms with E-state index in [1.807, 2.05) is 18.3 Å². The molecule has 2 heterocycles. The SMILES string of the molecule is NC(=O)NC1CCN(Cc2cn(-c3cccc(Cl)c3Cl)nn2)C1. The summed E-state index contributed by atoms with van der Waals surface area (Å²) in [5.41, 5.74) is 6.65. The van der Waals surface area contributed by atoms with Gasteiger partial charge in [-0.2, -0.15) is 0 Å². The predicted molar refractivity (Wildman–Crippen MR) is 87.8 cm³/mol. The molecule has 9 heteroatoms. The molecule has 2 aromatic rings. The average molecular weight is 355 g/mol. The van der Waals surface area contributed by atoms with Gasteiger partial charge in [0.05, 0.1) is 27.6 Å².